The number of hydrogen-bond donors (Lipinski definition) is 4. The third-order valence-electron chi connectivity index (χ3n) is 7.66. The number of carbonyl (C=O) groups excluding carboxylic acids is 2. The normalized spacial score (nSPS) is 18.6. The number of nitrogens with two attached hydrogens (primary N) is 1. The number of nitrogens with zero attached hydrogens (tertiary/aromatic N) is 3. The molecule has 2 bridgehead atoms. The fourth-order valence-electron chi connectivity index (χ4n) is 5.58. The number of nitrogens with one attached hydrogen (secondary N) is 3. The molecule has 0 aliphatic carbocycles. The van der Waals surface area contributed by atoms with Gasteiger partial charge in [-0.05, 0) is 55.6 Å². The van der Waals surface area contributed by atoms with Gasteiger partial charge in [-0.15, -0.1) is 0 Å². The van der Waals surface area contributed by atoms with Gasteiger partial charge in [0.05, 0.1) is 34.3 Å². The number of amides is 2. The molecule has 11 nitrogen and oxygen atoms in total. The maximum absolute atomic E-state index is 13.4. The molecule has 2 saturated heterocycles. The Morgan fingerprint density at radius 1 is 1.07 bits per heavy atom. The summed E-state index contributed by atoms with van der Waals surface area (Å²) in [4.78, 5) is 53.0. The van der Waals surface area contributed by atoms with Crippen LogP contribution in [0.3, 0.4) is 0 Å². The number of halogens is 1. The minimum Gasteiger partial charge on any atom is -0.371 e. The van der Waals surface area contributed by atoms with Gasteiger partial charge < -0.3 is 31.0 Å². The number of pyridine rings is 1. The summed E-state index contributed by atoms with van der Waals surface area (Å²) in [5, 5.41) is 6.46. The second-order valence-electron chi connectivity index (χ2n) is 10.5. The van der Waals surface area contributed by atoms with E-state index in [9.17, 15) is 14.4 Å². The van der Waals surface area contributed by atoms with Gasteiger partial charge in [-0.3, -0.25) is 14.4 Å². The van der Waals surface area contributed by atoms with Crippen LogP contribution in [0.2, 0.25) is 5.02 Å². The zero-order chi connectivity index (χ0) is 29.2. The second kappa shape index (κ2) is 11.9. The summed E-state index contributed by atoms with van der Waals surface area (Å²) in [6.45, 7) is 1.73. The molecule has 12 heteroatoms. The first-order valence-electron chi connectivity index (χ1n) is 13.8. The zero-order valence-electron chi connectivity index (χ0n) is 22.7. The van der Waals surface area contributed by atoms with Crippen LogP contribution in [0.4, 0.5) is 11.5 Å². The van der Waals surface area contributed by atoms with Crippen molar-refractivity contribution in [3.05, 3.63) is 93.0 Å². The number of hydrogen-bond acceptors (Lipinski definition) is 8. The number of aromatic nitrogens is 3. The van der Waals surface area contributed by atoms with E-state index in [2.05, 4.69) is 30.5 Å². The molecule has 2 amide bonds. The summed E-state index contributed by atoms with van der Waals surface area (Å²) in [5.74, 6) is -0.401. The van der Waals surface area contributed by atoms with Gasteiger partial charge in [0.2, 0.25) is 0 Å². The maximum Gasteiger partial charge on any atom is 0.262 e. The van der Waals surface area contributed by atoms with Crippen molar-refractivity contribution in [3.63, 3.8) is 0 Å². The van der Waals surface area contributed by atoms with Crippen LogP contribution in [0.15, 0.2) is 65.7 Å². The van der Waals surface area contributed by atoms with E-state index in [-0.39, 0.29) is 46.0 Å². The van der Waals surface area contributed by atoms with E-state index in [4.69, 9.17) is 22.1 Å². The van der Waals surface area contributed by atoms with Crippen molar-refractivity contribution >= 4 is 46.0 Å². The molecule has 0 saturated carbocycles. The van der Waals surface area contributed by atoms with Crippen molar-refractivity contribution in [1.82, 2.24) is 20.3 Å². The average molecular weight is 588 g/mol. The summed E-state index contributed by atoms with van der Waals surface area (Å²) >= 11 is 6.39. The van der Waals surface area contributed by atoms with E-state index >= 15 is 0 Å². The van der Waals surface area contributed by atoms with Crippen LogP contribution in [0.1, 0.15) is 51.6 Å². The highest BCUT2D eigenvalue weighted by molar-refractivity contribution is 6.34. The number of morpholine rings is 1. The molecule has 5 N–H and O–H groups in total. The smallest absolute Gasteiger partial charge is 0.262 e. The van der Waals surface area contributed by atoms with Crippen LogP contribution in [0, 0.1) is 0 Å². The van der Waals surface area contributed by atoms with Gasteiger partial charge in [-0.1, -0.05) is 41.9 Å². The molecule has 4 heterocycles. The molecular weight excluding hydrogens is 558 g/mol. The highest BCUT2D eigenvalue weighted by atomic mass is 35.5. The molecule has 1 unspecified atom stereocenters. The second-order valence-corrected chi connectivity index (χ2v) is 10.9. The molecule has 3 atom stereocenters. The van der Waals surface area contributed by atoms with E-state index in [1.54, 1.807) is 6.07 Å². The monoisotopic (exact) mass is 587 g/mol. The fourth-order valence-corrected chi connectivity index (χ4v) is 5.74. The summed E-state index contributed by atoms with van der Waals surface area (Å²) in [6.07, 6.45) is 4.19. The lowest BCUT2D eigenvalue weighted by atomic mass is 10.0. The van der Waals surface area contributed by atoms with Crippen LogP contribution >= 0.6 is 11.6 Å². The summed E-state index contributed by atoms with van der Waals surface area (Å²) in [7, 11) is 0. The van der Waals surface area contributed by atoms with Crippen molar-refractivity contribution in [1.29, 1.82) is 0 Å². The quantitative estimate of drug-likeness (QED) is 0.244. The van der Waals surface area contributed by atoms with Crippen molar-refractivity contribution in [2.24, 2.45) is 5.73 Å². The molecule has 0 spiro atoms. The lowest BCUT2D eigenvalue weighted by molar-refractivity contribution is 0.0303. The first-order chi connectivity index (χ1) is 20.4. The van der Waals surface area contributed by atoms with Gasteiger partial charge in [0, 0.05) is 18.7 Å². The summed E-state index contributed by atoms with van der Waals surface area (Å²) < 4.78 is 5.95. The summed E-state index contributed by atoms with van der Waals surface area (Å²) in [6, 6.07) is 15.3. The molecule has 42 heavy (non-hydrogen) atoms. The Hall–Kier alpha value is -4.32. The minimum atomic E-state index is -0.681. The van der Waals surface area contributed by atoms with Crippen LogP contribution < -0.4 is 26.8 Å². The van der Waals surface area contributed by atoms with Gasteiger partial charge in [0.15, 0.2) is 0 Å². The Balaban J connectivity index is 1.25. The first-order valence-corrected chi connectivity index (χ1v) is 14.2. The Labute approximate surface area is 246 Å². The topological polar surface area (TPSA) is 155 Å². The Bertz CT molecular complexity index is 1680. The van der Waals surface area contributed by atoms with Crippen molar-refractivity contribution in [2.75, 3.05) is 29.9 Å². The Morgan fingerprint density at radius 3 is 2.57 bits per heavy atom. The number of H-pyrrole nitrogens is 1. The van der Waals surface area contributed by atoms with E-state index in [1.807, 2.05) is 30.3 Å². The number of ether oxygens (including phenoxy) is 1. The highest BCUT2D eigenvalue weighted by Crippen LogP contribution is 2.31. The molecule has 2 aliphatic heterocycles. The number of anilines is 2. The van der Waals surface area contributed by atoms with Crippen LogP contribution in [0.25, 0.3) is 11.0 Å². The first kappa shape index (κ1) is 27.8. The standard InChI is InChI=1S/C30H30ClN7O4/c31-23-9-6-18(28(39)35-24(10-11-32)17-4-2-1-3-5-17)12-25(23)36-29(40)22-13-21-26(37-30(22)41)33-16-34-27(21)38-14-19-7-8-20(15-38)42-19/h1-6,9,12-13,16,19-20,24H,7-8,10-11,14-15,32H2,(H,35,39)(H,36,40)(H,33,34,37,41)/t19-,20+,24?. The van der Waals surface area contributed by atoms with E-state index in [0.717, 1.165) is 18.4 Å². The van der Waals surface area contributed by atoms with E-state index in [0.29, 0.717) is 42.9 Å². The van der Waals surface area contributed by atoms with Crippen LogP contribution in [-0.4, -0.2) is 58.6 Å². The summed E-state index contributed by atoms with van der Waals surface area (Å²) in [5.41, 5.74) is 6.80. The number of aromatic amines is 1. The highest BCUT2D eigenvalue weighted by Gasteiger charge is 2.35. The predicted molar refractivity (Wildman–Crippen MR) is 160 cm³/mol. The molecule has 2 fully saturated rings. The Morgan fingerprint density at radius 2 is 1.83 bits per heavy atom. The SMILES string of the molecule is NCCC(NC(=O)c1ccc(Cl)c(NC(=O)c2cc3c(N4C[C@H]5CC[C@@H](C4)O5)ncnc3[nH]c2=O)c1)c1ccccc1. The average Bonchev–Trinajstić information content (AvgIpc) is 3.34. The maximum atomic E-state index is 13.4. The number of carbonyl (C=O) groups is 2. The molecule has 6 rings (SSSR count). The van der Waals surface area contributed by atoms with Crippen LogP contribution in [-0.2, 0) is 4.74 Å². The van der Waals surface area contributed by atoms with Crippen molar-refractivity contribution < 1.29 is 14.3 Å². The third-order valence-corrected chi connectivity index (χ3v) is 7.98. The molecule has 0 radical (unpaired) electrons. The number of benzene rings is 2. The molecule has 2 aliphatic rings. The fraction of sp³-hybridized carbons (Fsp3) is 0.300. The van der Waals surface area contributed by atoms with Crippen molar-refractivity contribution in [2.45, 2.75) is 37.5 Å². The molecule has 216 valence electrons. The van der Waals surface area contributed by atoms with Crippen molar-refractivity contribution in [3.8, 4) is 0 Å². The molecule has 2 aromatic carbocycles. The van der Waals surface area contributed by atoms with Gasteiger partial charge in [-0.25, -0.2) is 9.97 Å². The predicted octanol–water partition coefficient (Wildman–Crippen LogP) is 3.41. The lowest BCUT2D eigenvalue weighted by Gasteiger charge is -2.33. The molecular formula is C30H30ClN7O4. The van der Waals surface area contributed by atoms with Gasteiger partial charge >= 0.3 is 0 Å². The largest absolute Gasteiger partial charge is 0.371 e. The zero-order valence-corrected chi connectivity index (χ0v) is 23.4. The van der Waals surface area contributed by atoms with Crippen LogP contribution in [0.5, 0.6) is 0 Å². The van der Waals surface area contributed by atoms with Gasteiger partial charge in [0.1, 0.15) is 23.4 Å². The van der Waals surface area contributed by atoms with E-state index < -0.39 is 11.5 Å². The third kappa shape index (κ3) is 5.71. The minimum absolute atomic E-state index is 0.129. The Kier molecular flexibility index (Phi) is 7.88. The van der Waals surface area contributed by atoms with Gasteiger partial charge in [0.25, 0.3) is 17.4 Å². The number of rotatable bonds is 8. The van der Waals surface area contributed by atoms with Gasteiger partial charge in [-0.2, -0.15) is 0 Å². The number of fused-ring (bicyclic) bond motifs is 3. The lowest BCUT2D eigenvalue weighted by Crippen LogP contribution is -2.43. The molecule has 4 aromatic rings. The van der Waals surface area contributed by atoms with E-state index in [1.165, 1.54) is 24.5 Å². The molecule has 2 aromatic heterocycles.